The largest absolute Gasteiger partial charge is 0.331 e. The first-order valence-corrected chi connectivity index (χ1v) is 11.7. The molecule has 0 bridgehead atoms. The average Bonchev–Trinajstić information content (AvgIpc) is 3.30. The Morgan fingerprint density at radius 2 is 1.76 bits per heavy atom. The molecule has 0 aliphatic carbocycles. The first kappa shape index (κ1) is 21.2. The van der Waals surface area contributed by atoms with E-state index in [0.717, 1.165) is 44.1 Å². The predicted molar refractivity (Wildman–Crippen MR) is 139 cm³/mol. The van der Waals surface area contributed by atoms with E-state index in [-0.39, 0.29) is 5.91 Å². The van der Waals surface area contributed by atoms with Gasteiger partial charge in [0, 0.05) is 32.9 Å². The lowest BCUT2D eigenvalue weighted by Crippen LogP contribution is -2.11. The Kier molecular flexibility index (Phi) is 5.82. The summed E-state index contributed by atoms with van der Waals surface area (Å²) in [4.78, 5) is 17.5. The standard InChI is InChI=1S/C27H20ClN3OS/c1-17-9-12-22(28)15-24(17)30-27-31-25(16-33-27)20-7-4-8-23(14-20)29-26(32)21-11-10-18-5-2-3-6-19(18)13-21/h2-16H,1H3,(H,29,32)(H,30,31). The highest BCUT2D eigenvalue weighted by Crippen LogP contribution is 2.30. The van der Waals surface area contributed by atoms with Gasteiger partial charge in [-0.3, -0.25) is 4.79 Å². The number of benzene rings is 4. The normalized spacial score (nSPS) is 10.8. The molecule has 1 aromatic heterocycles. The number of aromatic nitrogens is 1. The van der Waals surface area contributed by atoms with Gasteiger partial charge in [0.15, 0.2) is 5.13 Å². The second-order valence-corrected chi connectivity index (χ2v) is 9.01. The van der Waals surface area contributed by atoms with E-state index in [4.69, 9.17) is 16.6 Å². The van der Waals surface area contributed by atoms with Crippen LogP contribution in [0.5, 0.6) is 0 Å². The van der Waals surface area contributed by atoms with Gasteiger partial charge in [-0.1, -0.05) is 60.1 Å². The molecule has 5 rings (SSSR count). The molecule has 0 radical (unpaired) electrons. The summed E-state index contributed by atoms with van der Waals surface area (Å²) in [5, 5.41) is 11.9. The molecule has 0 unspecified atom stereocenters. The molecule has 0 saturated heterocycles. The molecule has 4 nitrogen and oxygen atoms in total. The van der Waals surface area contributed by atoms with E-state index in [1.54, 1.807) is 0 Å². The lowest BCUT2D eigenvalue weighted by molar-refractivity contribution is 0.102. The smallest absolute Gasteiger partial charge is 0.255 e. The van der Waals surface area contributed by atoms with Crippen LogP contribution in [-0.2, 0) is 0 Å². The molecule has 0 atom stereocenters. The van der Waals surface area contributed by atoms with Gasteiger partial charge in [-0.15, -0.1) is 11.3 Å². The van der Waals surface area contributed by atoms with Crippen molar-refractivity contribution in [3.05, 3.63) is 106 Å². The third kappa shape index (κ3) is 4.75. The van der Waals surface area contributed by atoms with Crippen molar-refractivity contribution in [2.24, 2.45) is 0 Å². The lowest BCUT2D eigenvalue weighted by atomic mass is 10.1. The number of nitrogens with zero attached hydrogens (tertiary/aromatic N) is 1. The minimum atomic E-state index is -0.144. The summed E-state index contributed by atoms with van der Waals surface area (Å²) in [6.45, 7) is 2.02. The van der Waals surface area contributed by atoms with Gasteiger partial charge in [-0.2, -0.15) is 0 Å². The van der Waals surface area contributed by atoms with Crippen molar-refractivity contribution in [3.8, 4) is 11.3 Å². The number of anilines is 3. The fourth-order valence-electron chi connectivity index (χ4n) is 3.60. The third-order valence-electron chi connectivity index (χ3n) is 5.37. The Morgan fingerprint density at radius 1 is 0.909 bits per heavy atom. The summed E-state index contributed by atoms with van der Waals surface area (Å²) < 4.78 is 0. The lowest BCUT2D eigenvalue weighted by Gasteiger charge is -2.08. The molecule has 0 aliphatic rings. The monoisotopic (exact) mass is 469 g/mol. The van der Waals surface area contributed by atoms with Gasteiger partial charge in [0.2, 0.25) is 0 Å². The molecule has 0 saturated carbocycles. The minimum Gasteiger partial charge on any atom is -0.331 e. The summed E-state index contributed by atoms with van der Waals surface area (Å²) in [6.07, 6.45) is 0. The molecule has 5 aromatic rings. The maximum absolute atomic E-state index is 12.8. The predicted octanol–water partition coefficient (Wildman–Crippen LogP) is 7.92. The van der Waals surface area contributed by atoms with Gasteiger partial charge in [-0.25, -0.2) is 4.98 Å². The summed E-state index contributed by atoms with van der Waals surface area (Å²) in [7, 11) is 0. The molecular formula is C27H20ClN3OS. The highest BCUT2D eigenvalue weighted by molar-refractivity contribution is 7.14. The maximum atomic E-state index is 12.8. The Bertz CT molecular complexity index is 1480. The Labute approximate surface area is 200 Å². The van der Waals surface area contributed by atoms with Gasteiger partial charge < -0.3 is 10.6 Å². The quantitative estimate of drug-likeness (QED) is 0.275. The number of carbonyl (C=O) groups excluding carboxylic acids is 1. The van der Waals surface area contributed by atoms with Crippen LogP contribution in [0.3, 0.4) is 0 Å². The number of carbonyl (C=O) groups is 1. The van der Waals surface area contributed by atoms with E-state index in [1.807, 2.05) is 97.2 Å². The van der Waals surface area contributed by atoms with Gasteiger partial charge >= 0.3 is 0 Å². The Balaban J connectivity index is 1.34. The summed E-state index contributed by atoms with van der Waals surface area (Å²) in [5.74, 6) is -0.144. The second kappa shape index (κ2) is 9.06. The summed E-state index contributed by atoms with van der Waals surface area (Å²) >= 11 is 7.64. The number of hydrogen-bond donors (Lipinski definition) is 2. The highest BCUT2D eigenvalue weighted by Gasteiger charge is 2.10. The summed E-state index contributed by atoms with van der Waals surface area (Å²) in [6, 6.07) is 27.2. The van der Waals surface area contributed by atoms with E-state index in [2.05, 4.69) is 10.6 Å². The first-order valence-electron chi connectivity index (χ1n) is 10.4. The zero-order valence-electron chi connectivity index (χ0n) is 17.8. The van der Waals surface area contributed by atoms with Crippen molar-refractivity contribution >= 4 is 56.1 Å². The van der Waals surface area contributed by atoms with Crippen molar-refractivity contribution < 1.29 is 4.79 Å². The van der Waals surface area contributed by atoms with Crippen molar-refractivity contribution in [2.75, 3.05) is 10.6 Å². The van der Waals surface area contributed by atoms with E-state index >= 15 is 0 Å². The van der Waals surface area contributed by atoms with E-state index in [0.29, 0.717) is 10.6 Å². The molecule has 4 aromatic carbocycles. The SMILES string of the molecule is Cc1ccc(Cl)cc1Nc1nc(-c2cccc(NC(=O)c3ccc4ccccc4c3)c2)cs1. The summed E-state index contributed by atoms with van der Waals surface area (Å²) in [5.41, 5.74) is 5.13. The van der Waals surface area contributed by atoms with Crippen molar-refractivity contribution in [1.82, 2.24) is 4.98 Å². The van der Waals surface area contributed by atoms with Gasteiger partial charge in [0.05, 0.1) is 5.69 Å². The zero-order valence-corrected chi connectivity index (χ0v) is 19.4. The van der Waals surface area contributed by atoms with Crippen LogP contribution in [0.15, 0.2) is 90.3 Å². The third-order valence-corrected chi connectivity index (χ3v) is 6.37. The molecule has 0 aliphatic heterocycles. The van der Waals surface area contributed by atoms with E-state index in [1.165, 1.54) is 11.3 Å². The van der Waals surface area contributed by atoms with Crippen LogP contribution >= 0.6 is 22.9 Å². The van der Waals surface area contributed by atoms with Gasteiger partial charge in [-0.05, 0) is 59.7 Å². The Morgan fingerprint density at radius 3 is 2.64 bits per heavy atom. The Hall–Kier alpha value is -3.67. The zero-order chi connectivity index (χ0) is 22.8. The topological polar surface area (TPSA) is 54.0 Å². The van der Waals surface area contributed by atoms with Gasteiger partial charge in [0.1, 0.15) is 0 Å². The van der Waals surface area contributed by atoms with Crippen LogP contribution in [0.1, 0.15) is 15.9 Å². The fraction of sp³-hybridized carbons (Fsp3) is 0.0370. The number of thiazole rings is 1. The van der Waals surface area contributed by atoms with Crippen molar-refractivity contribution in [1.29, 1.82) is 0 Å². The number of halogens is 1. The molecule has 33 heavy (non-hydrogen) atoms. The van der Waals surface area contributed by atoms with Crippen LogP contribution in [0.25, 0.3) is 22.0 Å². The number of amides is 1. The van der Waals surface area contributed by atoms with Crippen molar-refractivity contribution in [2.45, 2.75) is 6.92 Å². The van der Waals surface area contributed by atoms with Crippen LogP contribution in [0.2, 0.25) is 5.02 Å². The van der Waals surface area contributed by atoms with Crippen LogP contribution in [-0.4, -0.2) is 10.9 Å². The molecule has 0 spiro atoms. The molecule has 1 heterocycles. The van der Waals surface area contributed by atoms with E-state index < -0.39 is 0 Å². The fourth-order valence-corrected chi connectivity index (χ4v) is 4.50. The van der Waals surface area contributed by atoms with Crippen molar-refractivity contribution in [3.63, 3.8) is 0 Å². The molecule has 2 N–H and O–H groups in total. The highest BCUT2D eigenvalue weighted by atomic mass is 35.5. The number of aryl methyl sites for hydroxylation is 1. The molecule has 0 fully saturated rings. The molecular weight excluding hydrogens is 450 g/mol. The molecule has 6 heteroatoms. The number of hydrogen-bond acceptors (Lipinski definition) is 4. The number of fused-ring (bicyclic) bond motifs is 1. The van der Waals surface area contributed by atoms with Gasteiger partial charge in [0.25, 0.3) is 5.91 Å². The van der Waals surface area contributed by atoms with Crippen LogP contribution in [0.4, 0.5) is 16.5 Å². The maximum Gasteiger partial charge on any atom is 0.255 e. The van der Waals surface area contributed by atoms with Crippen LogP contribution < -0.4 is 10.6 Å². The second-order valence-electron chi connectivity index (χ2n) is 7.72. The van der Waals surface area contributed by atoms with E-state index in [9.17, 15) is 4.79 Å². The first-order chi connectivity index (χ1) is 16.0. The number of nitrogens with one attached hydrogen (secondary N) is 2. The van der Waals surface area contributed by atoms with Crippen LogP contribution in [0, 0.1) is 6.92 Å². The molecule has 1 amide bonds. The minimum absolute atomic E-state index is 0.144. The average molecular weight is 470 g/mol. The number of rotatable bonds is 5. The molecule has 162 valence electrons.